The summed E-state index contributed by atoms with van der Waals surface area (Å²) < 4.78 is 48.0. The summed E-state index contributed by atoms with van der Waals surface area (Å²) in [4.78, 5) is 12.3. The van der Waals surface area contributed by atoms with Crippen LogP contribution in [0.5, 0.6) is 11.5 Å². The number of rotatable bonds is 5. The molecule has 134 valence electrons. The molecule has 0 aromatic heterocycles. The summed E-state index contributed by atoms with van der Waals surface area (Å²) in [6.45, 7) is 1.91. The molecule has 0 spiro atoms. The van der Waals surface area contributed by atoms with E-state index in [1.807, 2.05) is 6.92 Å². The van der Waals surface area contributed by atoms with Gasteiger partial charge in [0.1, 0.15) is 11.5 Å². The van der Waals surface area contributed by atoms with E-state index in [-0.39, 0.29) is 12.5 Å². The van der Waals surface area contributed by atoms with E-state index in [0.717, 1.165) is 17.7 Å². The fourth-order valence-electron chi connectivity index (χ4n) is 2.31. The lowest BCUT2D eigenvalue weighted by Crippen LogP contribution is -2.23. The van der Waals surface area contributed by atoms with Gasteiger partial charge in [0, 0.05) is 17.7 Å². The zero-order valence-electron chi connectivity index (χ0n) is 14.0. The van der Waals surface area contributed by atoms with E-state index in [9.17, 15) is 18.0 Å². The normalized spacial score (nSPS) is 11.1. The van der Waals surface area contributed by atoms with Crippen molar-refractivity contribution >= 4 is 5.91 Å². The third-order valence-electron chi connectivity index (χ3n) is 3.75. The second kappa shape index (κ2) is 7.46. The van der Waals surface area contributed by atoms with Crippen molar-refractivity contribution < 1.29 is 27.4 Å². The Bertz CT molecular complexity index is 730. The van der Waals surface area contributed by atoms with Crippen LogP contribution in [0.15, 0.2) is 36.4 Å². The number of benzene rings is 2. The number of nitrogens with one attached hydrogen (secondary N) is 1. The van der Waals surface area contributed by atoms with Crippen LogP contribution in [0, 0.1) is 6.92 Å². The lowest BCUT2D eigenvalue weighted by molar-refractivity contribution is -0.137. The van der Waals surface area contributed by atoms with Crippen LogP contribution in [0.3, 0.4) is 0 Å². The van der Waals surface area contributed by atoms with E-state index in [4.69, 9.17) is 9.47 Å². The molecule has 0 radical (unpaired) electrons. The SMILES string of the molecule is COc1cc(C(=O)NCc2ccc(C(F)(F)F)cc2)cc(OC)c1C. The van der Waals surface area contributed by atoms with Crippen molar-refractivity contribution in [1.29, 1.82) is 0 Å². The van der Waals surface area contributed by atoms with Gasteiger partial charge in [0.2, 0.25) is 0 Å². The lowest BCUT2D eigenvalue weighted by atomic mass is 10.1. The van der Waals surface area contributed by atoms with Crippen molar-refractivity contribution in [2.24, 2.45) is 0 Å². The average Bonchev–Trinajstić information content (AvgIpc) is 2.59. The van der Waals surface area contributed by atoms with Gasteiger partial charge in [-0.15, -0.1) is 0 Å². The van der Waals surface area contributed by atoms with Crippen molar-refractivity contribution in [2.75, 3.05) is 14.2 Å². The quantitative estimate of drug-likeness (QED) is 0.885. The number of carbonyl (C=O) groups is 1. The molecule has 2 rings (SSSR count). The van der Waals surface area contributed by atoms with Crippen LogP contribution in [-0.4, -0.2) is 20.1 Å². The molecule has 1 N–H and O–H groups in total. The Kier molecular flexibility index (Phi) is 5.56. The first-order chi connectivity index (χ1) is 11.8. The number of ether oxygens (including phenoxy) is 2. The molecule has 0 aliphatic carbocycles. The van der Waals surface area contributed by atoms with Crippen molar-refractivity contribution in [3.8, 4) is 11.5 Å². The molecule has 1 amide bonds. The molecule has 25 heavy (non-hydrogen) atoms. The second-order valence-corrected chi connectivity index (χ2v) is 5.38. The van der Waals surface area contributed by atoms with E-state index in [1.54, 1.807) is 12.1 Å². The zero-order valence-corrected chi connectivity index (χ0v) is 14.0. The molecule has 0 saturated heterocycles. The zero-order chi connectivity index (χ0) is 18.6. The second-order valence-electron chi connectivity index (χ2n) is 5.38. The minimum absolute atomic E-state index is 0.107. The van der Waals surface area contributed by atoms with Crippen LogP contribution in [0.25, 0.3) is 0 Å². The van der Waals surface area contributed by atoms with Gasteiger partial charge in [0.15, 0.2) is 0 Å². The summed E-state index contributed by atoms with van der Waals surface area (Å²) in [5, 5.41) is 2.66. The van der Waals surface area contributed by atoms with Gasteiger partial charge in [-0.1, -0.05) is 12.1 Å². The highest BCUT2D eigenvalue weighted by atomic mass is 19.4. The van der Waals surface area contributed by atoms with E-state index in [1.165, 1.54) is 26.4 Å². The molecule has 0 bridgehead atoms. The van der Waals surface area contributed by atoms with Gasteiger partial charge in [-0.25, -0.2) is 0 Å². The number of halogens is 3. The maximum absolute atomic E-state index is 12.5. The Balaban J connectivity index is 2.10. The summed E-state index contributed by atoms with van der Waals surface area (Å²) in [7, 11) is 2.98. The number of methoxy groups -OCH3 is 2. The predicted molar refractivity (Wildman–Crippen MR) is 86.9 cm³/mol. The van der Waals surface area contributed by atoms with Crippen LogP contribution >= 0.6 is 0 Å². The van der Waals surface area contributed by atoms with Gasteiger partial charge in [0.25, 0.3) is 5.91 Å². The Morgan fingerprint density at radius 1 is 1.04 bits per heavy atom. The summed E-state index contributed by atoms with van der Waals surface area (Å²) in [5.41, 5.74) is 0.943. The van der Waals surface area contributed by atoms with Gasteiger partial charge in [0.05, 0.1) is 19.8 Å². The van der Waals surface area contributed by atoms with Crippen molar-refractivity contribution in [3.63, 3.8) is 0 Å². The van der Waals surface area contributed by atoms with Crippen molar-refractivity contribution in [1.82, 2.24) is 5.32 Å². The Morgan fingerprint density at radius 2 is 1.56 bits per heavy atom. The van der Waals surface area contributed by atoms with Gasteiger partial charge < -0.3 is 14.8 Å². The topological polar surface area (TPSA) is 47.6 Å². The molecule has 0 aliphatic rings. The molecule has 0 fully saturated rings. The molecule has 7 heteroatoms. The van der Waals surface area contributed by atoms with Gasteiger partial charge in [-0.05, 0) is 36.8 Å². The monoisotopic (exact) mass is 353 g/mol. The Hall–Kier alpha value is -2.70. The van der Waals surface area contributed by atoms with E-state index >= 15 is 0 Å². The summed E-state index contributed by atoms with van der Waals surface area (Å²) in [6.07, 6.45) is -4.38. The molecule has 0 heterocycles. The van der Waals surface area contributed by atoms with E-state index in [2.05, 4.69) is 5.32 Å². The maximum atomic E-state index is 12.5. The summed E-state index contributed by atoms with van der Waals surface area (Å²) >= 11 is 0. The minimum atomic E-state index is -4.38. The fraction of sp³-hybridized carbons (Fsp3) is 0.278. The highest BCUT2D eigenvalue weighted by Gasteiger charge is 2.29. The fourth-order valence-corrected chi connectivity index (χ4v) is 2.31. The Morgan fingerprint density at radius 3 is 2.00 bits per heavy atom. The molecule has 4 nitrogen and oxygen atoms in total. The number of hydrogen-bond donors (Lipinski definition) is 1. The molecule has 2 aromatic carbocycles. The Labute approximate surface area is 143 Å². The number of carbonyl (C=O) groups excluding carboxylic acids is 1. The third-order valence-corrected chi connectivity index (χ3v) is 3.75. The molecular formula is C18H18F3NO3. The molecule has 0 saturated carbocycles. The average molecular weight is 353 g/mol. The highest BCUT2D eigenvalue weighted by Crippen LogP contribution is 2.30. The van der Waals surface area contributed by atoms with Gasteiger partial charge in [-0.2, -0.15) is 13.2 Å². The van der Waals surface area contributed by atoms with Crippen LogP contribution < -0.4 is 14.8 Å². The standard InChI is InChI=1S/C18H18F3NO3/c1-11-15(24-2)8-13(9-16(11)25-3)17(23)22-10-12-4-6-14(7-5-12)18(19,20)21/h4-9H,10H2,1-3H3,(H,22,23). The predicted octanol–water partition coefficient (Wildman–Crippen LogP) is 3.96. The van der Waals surface area contributed by atoms with E-state index in [0.29, 0.717) is 22.6 Å². The van der Waals surface area contributed by atoms with Crippen LogP contribution in [0.2, 0.25) is 0 Å². The number of alkyl halides is 3. The molecule has 0 unspecified atom stereocenters. The lowest BCUT2D eigenvalue weighted by Gasteiger charge is -2.13. The van der Waals surface area contributed by atoms with Crippen molar-refractivity contribution in [2.45, 2.75) is 19.6 Å². The largest absolute Gasteiger partial charge is 0.496 e. The van der Waals surface area contributed by atoms with Crippen molar-refractivity contribution in [3.05, 3.63) is 58.7 Å². The molecular weight excluding hydrogens is 335 g/mol. The third kappa shape index (κ3) is 4.43. The number of amides is 1. The first-order valence-corrected chi connectivity index (χ1v) is 7.43. The molecule has 2 aromatic rings. The number of hydrogen-bond acceptors (Lipinski definition) is 3. The first-order valence-electron chi connectivity index (χ1n) is 7.43. The smallest absolute Gasteiger partial charge is 0.416 e. The maximum Gasteiger partial charge on any atom is 0.416 e. The van der Waals surface area contributed by atoms with Crippen LogP contribution in [-0.2, 0) is 12.7 Å². The van der Waals surface area contributed by atoms with Gasteiger partial charge in [-0.3, -0.25) is 4.79 Å². The molecule has 0 atom stereocenters. The summed E-state index contributed by atoms with van der Waals surface area (Å²) in [5.74, 6) is 0.648. The first kappa shape index (κ1) is 18.6. The molecule has 0 aliphatic heterocycles. The highest BCUT2D eigenvalue weighted by molar-refractivity contribution is 5.95. The van der Waals surface area contributed by atoms with E-state index < -0.39 is 11.7 Å². The van der Waals surface area contributed by atoms with Crippen LogP contribution in [0.4, 0.5) is 13.2 Å². The van der Waals surface area contributed by atoms with Crippen LogP contribution in [0.1, 0.15) is 27.0 Å². The van der Waals surface area contributed by atoms with Gasteiger partial charge >= 0.3 is 6.18 Å². The minimum Gasteiger partial charge on any atom is -0.496 e. The summed E-state index contributed by atoms with van der Waals surface area (Å²) in [6, 6.07) is 7.80.